The van der Waals surface area contributed by atoms with Crippen molar-refractivity contribution >= 4 is 10.9 Å². The van der Waals surface area contributed by atoms with Crippen LogP contribution in [0.5, 0.6) is 11.5 Å². The summed E-state index contributed by atoms with van der Waals surface area (Å²) in [5.41, 5.74) is 6.11. The molecule has 2 heterocycles. The highest BCUT2D eigenvalue weighted by Crippen LogP contribution is 2.34. The number of aryl methyl sites for hydroxylation is 1. The van der Waals surface area contributed by atoms with Crippen LogP contribution in [0.4, 0.5) is 0 Å². The molecule has 5 nitrogen and oxygen atoms in total. The highest BCUT2D eigenvalue weighted by atomic mass is 16.5. The summed E-state index contributed by atoms with van der Waals surface area (Å²) >= 11 is 0. The van der Waals surface area contributed by atoms with Crippen molar-refractivity contribution in [2.45, 2.75) is 32.4 Å². The minimum absolute atomic E-state index is 0.522. The Labute approximate surface area is 172 Å². The molecule has 0 radical (unpaired) electrons. The summed E-state index contributed by atoms with van der Waals surface area (Å²) in [5.74, 6) is 1.31. The van der Waals surface area contributed by atoms with Crippen molar-refractivity contribution < 1.29 is 14.6 Å². The second-order valence-corrected chi connectivity index (χ2v) is 7.99. The molecule has 1 N–H and O–H groups in total. The zero-order valence-corrected chi connectivity index (χ0v) is 17.7. The van der Waals surface area contributed by atoms with Crippen molar-refractivity contribution in [3.05, 3.63) is 58.8 Å². The highest BCUT2D eigenvalue weighted by molar-refractivity contribution is 5.86. The van der Waals surface area contributed by atoms with Crippen LogP contribution in [0.1, 0.15) is 28.5 Å². The van der Waals surface area contributed by atoms with Crippen LogP contribution in [-0.4, -0.2) is 48.9 Å². The van der Waals surface area contributed by atoms with E-state index in [2.05, 4.69) is 41.6 Å². The van der Waals surface area contributed by atoms with Gasteiger partial charge in [-0.15, -0.1) is 0 Å². The van der Waals surface area contributed by atoms with Gasteiger partial charge >= 0.3 is 0 Å². The molecule has 0 amide bonds. The number of aliphatic hydroxyl groups is 1. The van der Waals surface area contributed by atoms with Gasteiger partial charge in [0.05, 0.1) is 26.9 Å². The lowest BCUT2D eigenvalue weighted by molar-refractivity contribution is 0.156. The lowest BCUT2D eigenvalue weighted by Crippen LogP contribution is -2.21. The Morgan fingerprint density at radius 3 is 2.52 bits per heavy atom. The molecule has 0 saturated carbocycles. The summed E-state index contributed by atoms with van der Waals surface area (Å²) < 4.78 is 13.1. The summed E-state index contributed by atoms with van der Waals surface area (Å²) in [7, 11) is 5.42. The fourth-order valence-corrected chi connectivity index (χ4v) is 4.41. The zero-order chi connectivity index (χ0) is 20.5. The number of likely N-dealkylation sites (N-methyl/N-ethyl adjacent to an activating group) is 1. The molecule has 4 rings (SSSR count). The smallest absolute Gasteiger partial charge is 0.161 e. The lowest BCUT2D eigenvalue weighted by Gasteiger charge is -2.18. The van der Waals surface area contributed by atoms with E-state index >= 15 is 0 Å². The number of hydrogen-bond donors (Lipinski definition) is 1. The van der Waals surface area contributed by atoms with E-state index < -0.39 is 6.10 Å². The van der Waals surface area contributed by atoms with Gasteiger partial charge in [0.25, 0.3) is 0 Å². The topological polar surface area (TPSA) is 46.9 Å². The van der Waals surface area contributed by atoms with Crippen LogP contribution < -0.4 is 9.47 Å². The molecule has 29 heavy (non-hydrogen) atoms. The molecule has 1 aromatic heterocycles. The maximum absolute atomic E-state index is 11.1. The van der Waals surface area contributed by atoms with Crippen LogP contribution in [0.15, 0.2) is 36.4 Å². The first-order valence-electron chi connectivity index (χ1n) is 10.2. The fraction of sp³-hybridized carbons (Fsp3) is 0.417. The minimum Gasteiger partial charge on any atom is -0.493 e. The van der Waals surface area contributed by atoms with E-state index in [0.717, 1.165) is 31.5 Å². The third kappa shape index (κ3) is 3.72. The molecule has 1 aliphatic rings. The average molecular weight is 395 g/mol. The van der Waals surface area contributed by atoms with E-state index in [1.54, 1.807) is 14.2 Å². The van der Waals surface area contributed by atoms with E-state index in [-0.39, 0.29) is 0 Å². The quantitative estimate of drug-likeness (QED) is 0.716. The third-order valence-corrected chi connectivity index (χ3v) is 6.06. The first-order valence-corrected chi connectivity index (χ1v) is 10.2. The third-order valence-electron chi connectivity index (χ3n) is 6.06. The van der Waals surface area contributed by atoms with Gasteiger partial charge in [-0.05, 0) is 55.8 Å². The number of methoxy groups -OCH3 is 2. The first kappa shape index (κ1) is 19.8. The Morgan fingerprint density at radius 2 is 1.76 bits per heavy atom. The van der Waals surface area contributed by atoms with Crippen molar-refractivity contribution in [2.75, 3.05) is 34.4 Å². The molecule has 1 unspecified atom stereocenters. The van der Waals surface area contributed by atoms with Crippen molar-refractivity contribution in [3.63, 3.8) is 0 Å². The van der Waals surface area contributed by atoms with Crippen molar-refractivity contribution in [3.8, 4) is 11.5 Å². The number of aromatic nitrogens is 1. The normalized spacial score (nSPS) is 15.8. The van der Waals surface area contributed by atoms with Crippen LogP contribution in [0.2, 0.25) is 0 Å². The molecule has 1 aliphatic heterocycles. The van der Waals surface area contributed by atoms with Crippen LogP contribution in [0, 0.1) is 6.92 Å². The number of aliphatic hydroxyl groups excluding tert-OH is 1. The fourth-order valence-electron chi connectivity index (χ4n) is 4.41. The van der Waals surface area contributed by atoms with Gasteiger partial charge in [-0.2, -0.15) is 0 Å². The van der Waals surface area contributed by atoms with Crippen molar-refractivity contribution in [1.29, 1.82) is 0 Å². The molecule has 0 saturated heterocycles. The van der Waals surface area contributed by atoms with Gasteiger partial charge in [-0.1, -0.05) is 17.7 Å². The van der Waals surface area contributed by atoms with Gasteiger partial charge in [0.2, 0.25) is 0 Å². The highest BCUT2D eigenvalue weighted by Gasteiger charge is 2.22. The number of nitrogens with zero attached hydrogens (tertiary/aromatic N) is 2. The number of benzene rings is 2. The molecule has 0 spiro atoms. The largest absolute Gasteiger partial charge is 0.493 e. The van der Waals surface area contributed by atoms with E-state index in [1.807, 2.05) is 18.2 Å². The van der Waals surface area contributed by atoms with E-state index in [1.165, 1.54) is 27.7 Å². The minimum atomic E-state index is -0.628. The second-order valence-electron chi connectivity index (χ2n) is 7.99. The maximum Gasteiger partial charge on any atom is 0.161 e. The van der Waals surface area contributed by atoms with Gasteiger partial charge in [0.15, 0.2) is 11.5 Å². The molecule has 0 aliphatic carbocycles. The van der Waals surface area contributed by atoms with Crippen LogP contribution in [0.3, 0.4) is 0 Å². The molecule has 3 aromatic rings. The Morgan fingerprint density at radius 1 is 1.00 bits per heavy atom. The second kappa shape index (κ2) is 8.09. The van der Waals surface area contributed by atoms with Gasteiger partial charge in [-0.3, -0.25) is 0 Å². The van der Waals surface area contributed by atoms with Gasteiger partial charge in [0, 0.05) is 36.1 Å². The lowest BCUT2D eigenvalue weighted by atomic mass is 10.1. The van der Waals surface area contributed by atoms with Crippen LogP contribution in [0.25, 0.3) is 10.9 Å². The Kier molecular flexibility index (Phi) is 5.52. The summed E-state index contributed by atoms with van der Waals surface area (Å²) in [6.45, 7) is 4.77. The number of ether oxygens (including phenoxy) is 2. The van der Waals surface area contributed by atoms with E-state index in [9.17, 15) is 5.11 Å². The van der Waals surface area contributed by atoms with Crippen LogP contribution >= 0.6 is 0 Å². The molecule has 154 valence electrons. The van der Waals surface area contributed by atoms with Gasteiger partial charge in [0.1, 0.15) is 0 Å². The molecule has 2 aromatic carbocycles. The van der Waals surface area contributed by atoms with Crippen LogP contribution in [-0.2, 0) is 19.4 Å². The summed E-state index contributed by atoms with van der Waals surface area (Å²) in [5, 5.41) is 12.4. The standard InChI is InChI=1S/C24H30N2O3/c1-16-5-7-20-19(13-16)18-9-11-25(2)12-10-21(18)26(20)15-22(27)17-6-8-23(28-3)24(14-17)29-4/h5-8,13-14,22,27H,9-12,15H2,1-4H3. The maximum atomic E-state index is 11.1. The number of rotatable bonds is 5. The summed E-state index contributed by atoms with van der Waals surface area (Å²) in [6.07, 6.45) is 1.42. The monoisotopic (exact) mass is 394 g/mol. The Balaban J connectivity index is 1.74. The molecule has 0 fully saturated rings. The SMILES string of the molecule is COc1ccc(C(O)Cn2c3c(c4cc(C)ccc42)CCN(C)CC3)cc1OC. The predicted molar refractivity (Wildman–Crippen MR) is 116 cm³/mol. The molecular weight excluding hydrogens is 364 g/mol. The Bertz CT molecular complexity index is 1020. The Hall–Kier alpha value is -2.50. The average Bonchev–Trinajstić information content (AvgIpc) is 2.86. The number of fused-ring (bicyclic) bond motifs is 3. The van der Waals surface area contributed by atoms with Crippen molar-refractivity contribution in [2.24, 2.45) is 0 Å². The number of hydrogen-bond acceptors (Lipinski definition) is 4. The first-order chi connectivity index (χ1) is 14.0. The molecule has 5 heteroatoms. The molecular formula is C24H30N2O3. The van der Waals surface area contributed by atoms with E-state index in [4.69, 9.17) is 9.47 Å². The predicted octanol–water partition coefficient (Wildman–Crippen LogP) is 3.73. The van der Waals surface area contributed by atoms with E-state index in [0.29, 0.717) is 18.0 Å². The summed E-state index contributed by atoms with van der Waals surface area (Å²) in [4.78, 5) is 2.39. The molecule has 0 bridgehead atoms. The van der Waals surface area contributed by atoms with Gasteiger partial charge in [-0.25, -0.2) is 0 Å². The zero-order valence-electron chi connectivity index (χ0n) is 17.7. The van der Waals surface area contributed by atoms with Crippen molar-refractivity contribution in [1.82, 2.24) is 9.47 Å². The molecule has 1 atom stereocenters. The summed E-state index contributed by atoms with van der Waals surface area (Å²) in [6, 6.07) is 12.3. The van der Waals surface area contributed by atoms with Gasteiger partial charge < -0.3 is 24.0 Å².